The summed E-state index contributed by atoms with van der Waals surface area (Å²) in [6.07, 6.45) is 0.383. The van der Waals surface area contributed by atoms with E-state index < -0.39 is 11.9 Å². The molecule has 110 valence electrons. The lowest BCUT2D eigenvalue weighted by atomic mass is 9.85. The SMILES string of the molecule is CC(C)[C@@H](CC(=O)NC[C@H](C)C(=O)O)c1ccccc1. The van der Waals surface area contributed by atoms with Crippen molar-refractivity contribution < 1.29 is 14.7 Å². The average molecular weight is 277 g/mol. The minimum absolute atomic E-state index is 0.0966. The first kappa shape index (κ1) is 16.2. The van der Waals surface area contributed by atoms with Gasteiger partial charge in [0.1, 0.15) is 0 Å². The maximum absolute atomic E-state index is 12.0. The van der Waals surface area contributed by atoms with Crippen LogP contribution in [0.1, 0.15) is 38.7 Å². The maximum atomic E-state index is 12.0. The second-order valence-corrected chi connectivity index (χ2v) is 5.51. The molecule has 0 unspecified atom stereocenters. The van der Waals surface area contributed by atoms with Crippen LogP contribution in [-0.4, -0.2) is 23.5 Å². The van der Waals surface area contributed by atoms with E-state index in [-0.39, 0.29) is 18.4 Å². The zero-order chi connectivity index (χ0) is 15.1. The number of carboxylic acid groups (broad SMARTS) is 1. The Kier molecular flexibility index (Phi) is 6.22. The van der Waals surface area contributed by atoms with E-state index in [1.165, 1.54) is 0 Å². The van der Waals surface area contributed by atoms with Crippen LogP contribution in [0.5, 0.6) is 0 Å². The van der Waals surface area contributed by atoms with Gasteiger partial charge in [-0.3, -0.25) is 9.59 Å². The van der Waals surface area contributed by atoms with Gasteiger partial charge in [0.25, 0.3) is 0 Å². The summed E-state index contributed by atoms with van der Waals surface area (Å²) < 4.78 is 0. The maximum Gasteiger partial charge on any atom is 0.308 e. The first-order valence-corrected chi connectivity index (χ1v) is 6.96. The molecule has 4 nitrogen and oxygen atoms in total. The van der Waals surface area contributed by atoms with Crippen molar-refractivity contribution in [1.82, 2.24) is 5.32 Å². The molecule has 0 radical (unpaired) electrons. The van der Waals surface area contributed by atoms with Gasteiger partial charge in [0.05, 0.1) is 5.92 Å². The molecule has 4 heteroatoms. The van der Waals surface area contributed by atoms with Gasteiger partial charge in [-0.2, -0.15) is 0 Å². The predicted octanol–water partition coefficient (Wildman–Crippen LogP) is 2.65. The summed E-state index contributed by atoms with van der Waals surface area (Å²) >= 11 is 0. The van der Waals surface area contributed by atoms with Gasteiger partial charge in [-0.15, -0.1) is 0 Å². The van der Waals surface area contributed by atoms with Crippen LogP contribution in [0.4, 0.5) is 0 Å². The summed E-state index contributed by atoms with van der Waals surface area (Å²) in [5.41, 5.74) is 1.14. The predicted molar refractivity (Wildman–Crippen MR) is 78.4 cm³/mol. The van der Waals surface area contributed by atoms with Crippen molar-refractivity contribution in [2.24, 2.45) is 11.8 Å². The molecule has 1 aromatic carbocycles. The van der Waals surface area contributed by atoms with Crippen LogP contribution < -0.4 is 5.32 Å². The minimum Gasteiger partial charge on any atom is -0.481 e. The molecule has 1 amide bonds. The zero-order valence-corrected chi connectivity index (χ0v) is 12.3. The molecule has 0 aliphatic carbocycles. The molecular formula is C16H23NO3. The van der Waals surface area contributed by atoms with Crippen molar-refractivity contribution in [2.45, 2.75) is 33.1 Å². The molecule has 2 N–H and O–H groups in total. The number of hydrogen-bond donors (Lipinski definition) is 2. The number of rotatable bonds is 7. The second kappa shape index (κ2) is 7.68. The largest absolute Gasteiger partial charge is 0.481 e. The summed E-state index contributed by atoms with van der Waals surface area (Å²) in [6.45, 7) is 5.93. The number of carboxylic acids is 1. The molecule has 0 saturated heterocycles. The molecule has 20 heavy (non-hydrogen) atoms. The number of aliphatic carboxylic acids is 1. The summed E-state index contributed by atoms with van der Waals surface area (Å²) in [4.78, 5) is 22.7. The Morgan fingerprint density at radius 3 is 2.25 bits per heavy atom. The van der Waals surface area contributed by atoms with E-state index in [9.17, 15) is 9.59 Å². The van der Waals surface area contributed by atoms with E-state index >= 15 is 0 Å². The van der Waals surface area contributed by atoms with E-state index in [0.717, 1.165) is 5.56 Å². The Morgan fingerprint density at radius 2 is 1.75 bits per heavy atom. The topological polar surface area (TPSA) is 66.4 Å². The van der Waals surface area contributed by atoms with Gasteiger partial charge in [0, 0.05) is 13.0 Å². The fourth-order valence-electron chi connectivity index (χ4n) is 2.06. The third kappa shape index (κ3) is 5.03. The molecule has 0 saturated carbocycles. The Hall–Kier alpha value is -1.84. The van der Waals surface area contributed by atoms with E-state index in [4.69, 9.17) is 5.11 Å². The molecule has 0 aromatic heterocycles. The molecule has 2 atom stereocenters. The number of benzene rings is 1. The summed E-state index contributed by atoms with van der Waals surface area (Å²) in [6, 6.07) is 9.94. The van der Waals surface area contributed by atoms with Crippen molar-refractivity contribution in [3.63, 3.8) is 0 Å². The number of carbonyl (C=O) groups excluding carboxylic acids is 1. The Morgan fingerprint density at radius 1 is 1.15 bits per heavy atom. The van der Waals surface area contributed by atoms with Gasteiger partial charge in [0.15, 0.2) is 0 Å². The summed E-state index contributed by atoms with van der Waals surface area (Å²) in [5.74, 6) is -1.06. The van der Waals surface area contributed by atoms with Crippen LogP contribution in [0.25, 0.3) is 0 Å². The molecule has 0 fully saturated rings. The van der Waals surface area contributed by atoms with Crippen LogP contribution in [0.15, 0.2) is 30.3 Å². The minimum atomic E-state index is -0.895. The van der Waals surface area contributed by atoms with Crippen LogP contribution >= 0.6 is 0 Å². The molecular weight excluding hydrogens is 254 g/mol. The Balaban J connectivity index is 2.59. The second-order valence-electron chi connectivity index (χ2n) is 5.51. The van der Waals surface area contributed by atoms with Gasteiger partial charge < -0.3 is 10.4 Å². The molecule has 0 heterocycles. The van der Waals surface area contributed by atoms with Crippen molar-refractivity contribution in [1.29, 1.82) is 0 Å². The Bertz CT molecular complexity index is 442. The fourth-order valence-corrected chi connectivity index (χ4v) is 2.06. The highest BCUT2D eigenvalue weighted by molar-refractivity contribution is 5.78. The summed E-state index contributed by atoms with van der Waals surface area (Å²) in [7, 11) is 0. The van der Waals surface area contributed by atoms with E-state index in [1.807, 2.05) is 30.3 Å². The van der Waals surface area contributed by atoms with Gasteiger partial charge in [-0.05, 0) is 17.4 Å². The lowest BCUT2D eigenvalue weighted by Crippen LogP contribution is -2.32. The van der Waals surface area contributed by atoms with Crippen LogP contribution in [0.2, 0.25) is 0 Å². The van der Waals surface area contributed by atoms with Gasteiger partial charge >= 0.3 is 5.97 Å². The van der Waals surface area contributed by atoms with Gasteiger partial charge in [-0.25, -0.2) is 0 Å². The van der Waals surface area contributed by atoms with E-state index in [0.29, 0.717) is 12.3 Å². The van der Waals surface area contributed by atoms with E-state index in [2.05, 4.69) is 19.2 Å². The standard InChI is InChI=1S/C16H23NO3/c1-11(2)14(13-7-5-4-6-8-13)9-15(18)17-10-12(3)16(19)20/h4-8,11-12,14H,9-10H2,1-3H3,(H,17,18)(H,19,20)/t12-,14+/m0/s1. The lowest BCUT2D eigenvalue weighted by molar-refractivity contribution is -0.141. The lowest BCUT2D eigenvalue weighted by Gasteiger charge is -2.21. The highest BCUT2D eigenvalue weighted by atomic mass is 16.4. The monoisotopic (exact) mass is 277 g/mol. The van der Waals surface area contributed by atoms with Crippen molar-refractivity contribution >= 4 is 11.9 Å². The number of nitrogens with one attached hydrogen (secondary N) is 1. The van der Waals surface area contributed by atoms with Crippen LogP contribution in [0.3, 0.4) is 0 Å². The number of amides is 1. The fraction of sp³-hybridized carbons (Fsp3) is 0.500. The molecule has 0 spiro atoms. The first-order chi connectivity index (χ1) is 9.41. The smallest absolute Gasteiger partial charge is 0.308 e. The van der Waals surface area contributed by atoms with Crippen molar-refractivity contribution in [3.8, 4) is 0 Å². The quantitative estimate of drug-likeness (QED) is 0.805. The Labute approximate surface area is 120 Å². The van der Waals surface area contributed by atoms with Gasteiger partial charge in [0.2, 0.25) is 5.91 Å². The highest BCUT2D eigenvalue weighted by Gasteiger charge is 2.20. The van der Waals surface area contributed by atoms with E-state index in [1.54, 1.807) is 6.92 Å². The third-order valence-electron chi connectivity index (χ3n) is 3.46. The average Bonchev–Trinajstić information content (AvgIpc) is 2.42. The van der Waals surface area contributed by atoms with Crippen molar-refractivity contribution in [3.05, 3.63) is 35.9 Å². The van der Waals surface area contributed by atoms with Crippen molar-refractivity contribution in [2.75, 3.05) is 6.54 Å². The molecule has 1 rings (SSSR count). The highest BCUT2D eigenvalue weighted by Crippen LogP contribution is 2.27. The molecule has 0 aliphatic rings. The third-order valence-corrected chi connectivity index (χ3v) is 3.46. The number of hydrogen-bond acceptors (Lipinski definition) is 2. The normalized spacial score (nSPS) is 13.8. The summed E-state index contributed by atoms with van der Waals surface area (Å²) in [5, 5.41) is 11.5. The molecule has 0 aliphatic heterocycles. The zero-order valence-electron chi connectivity index (χ0n) is 12.3. The van der Waals surface area contributed by atoms with Crippen LogP contribution in [-0.2, 0) is 9.59 Å². The van der Waals surface area contributed by atoms with Crippen LogP contribution in [0, 0.1) is 11.8 Å². The van der Waals surface area contributed by atoms with Gasteiger partial charge in [-0.1, -0.05) is 51.1 Å². The molecule has 0 bridgehead atoms. The number of carbonyl (C=O) groups is 2. The first-order valence-electron chi connectivity index (χ1n) is 6.96. The molecule has 1 aromatic rings.